The predicted octanol–water partition coefficient (Wildman–Crippen LogP) is 0.302. The number of carbonyl (C=O) groups excluding carboxylic acids is 1. The Morgan fingerprint density at radius 1 is 1.19 bits per heavy atom. The van der Waals surface area contributed by atoms with Crippen LogP contribution >= 0.6 is 11.8 Å². The largest absolute Gasteiger partial charge is 0.481 e. The van der Waals surface area contributed by atoms with Gasteiger partial charge in [-0.1, -0.05) is 11.8 Å². The average molecular weight is 409 g/mol. The summed E-state index contributed by atoms with van der Waals surface area (Å²) in [5.41, 5.74) is -1.02. The molecule has 1 unspecified atom stereocenters. The first kappa shape index (κ1) is 22.4. The van der Waals surface area contributed by atoms with Gasteiger partial charge in [0.25, 0.3) is 5.91 Å². The molecule has 1 aromatic heterocycles. The summed E-state index contributed by atoms with van der Waals surface area (Å²) in [5, 5.41) is -0.798. The molecule has 148 valence electrons. The second-order valence-electron chi connectivity index (χ2n) is 5.79. The van der Waals surface area contributed by atoms with E-state index in [2.05, 4.69) is 9.97 Å². The summed E-state index contributed by atoms with van der Waals surface area (Å²) < 4.78 is 42.4. The number of thioether (sulfide) groups is 1. The van der Waals surface area contributed by atoms with E-state index in [0.29, 0.717) is 0 Å². The third kappa shape index (κ3) is 5.69. The number of rotatable bonds is 9. The second kappa shape index (κ2) is 8.84. The highest BCUT2D eigenvalue weighted by Crippen LogP contribution is 2.32. The smallest absolute Gasteiger partial charge is 0.303 e. The molecule has 0 spiro atoms. The molecule has 1 amide bonds. The highest BCUT2D eigenvalue weighted by atomic mass is 32.2. The molecule has 1 heterocycles. The Morgan fingerprint density at radius 3 is 2.08 bits per heavy atom. The van der Waals surface area contributed by atoms with Crippen molar-refractivity contribution in [2.45, 2.75) is 29.9 Å². The first-order valence-corrected chi connectivity index (χ1v) is 9.71. The van der Waals surface area contributed by atoms with Gasteiger partial charge in [-0.05, 0) is 13.8 Å². The Morgan fingerprint density at radius 2 is 1.69 bits per heavy atom. The minimum atomic E-state index is -3.95. The molecule has 0 aliphatic carbocycles. The fourth-order valence-corrected chi connectivity index (χ4v) is 3.31. The molecular weight excluding hydrogens is 384 g/mol. The van der Waals surface area contributed by atoms with Gasteiger partial charge in [0.15, 0.2) is 5.16 Å². The minimum absolute atomic E-state index is 0.175. The number of nitrogens with zero attached hydrogens (tertiary/aromatic N) is 3. The first-order valence-electron chi connectivity index (χ1n) is 7.39. The molecule has 0 fully saturated rings. The van der Waals surface area contributed by atoms with E-state index < -0.39 is 27.0 Å². The van der Waals surface area contributed by atoms with E-state index in [9.17, 15) is 13.2 Å². The lowest BCUT2D eigenvalue weighted by atomic mass is 10.0. The third-order valence-corrected chi connectivity index (χ3v) is 6.24. The lowest BCUT2D eigenvalue weighted by molar-refractivity contribution is -0.123. The van der Waals surface area contributed by atoms with Crippen LogP contribution in [0, 0.1) is 0 Å². The van der Waals surface area contributed by atoms with Crippen LogP contribution in [0.2, 0.25) is 0 Å². The zero-order valence-corrected chi connectivity index (χ0v) is 17.4. The summed E-state index contributed by atoms with van der Waals surface area (Å²) in [6.07, 6.45) is 0. The fourth-order valence-electron chi connectivity index (χ4n) is 1.64. The average Bonchev–Trinajstić information content (AvgIpc) is 2.58. The Kier molecular flexibility index (Phi) is 7.62. The SMILES string of the molecule is COc1cc(OC)nc(SC(C(=O)NS(=O)(=O)N(C)C)C(C)(C)OC)n1. The standard InChI is InChI=1S/C14H24N4O6S2/c1-14(2,24-7)11(12(19)17-26(20,21)18(3)4)25-13-15-9(22-5)8-10(16-13)23-6/h8,11H,1-7H3,(H,17,19). The van der Waals surface area contributed by atoms with Gasteiger partial charge in [-0.25, -0.2) is 4.72 Å². The van der Waals surface area contributed by atoms with E-state index in [1.807, 2.05) is 4.72 Å². The molecule has 0 saturated heterocycles. The summed E-state index contributed by atoms with van der Waals surface area (Å²) >= 11 is 0.938. The van der Waals surface area contributed by atoms with Crippen molar-refractivity contribution in [1.29, 1.82) is 0 Å². The van der Waals surface area contributed by atoms with Gasteiger partial charge in [0.05, 0.1) is 25.9 Å². The van der Waals surface area contributed by atoms with Crippen molar-refractivity contribution in [2.24, 2.45) is 0 Å². The molecule has 0 radical (unpaired) electrons. The van der Waals surface area contributed by atoms with Crippen LogP contribution in [0.1, 0.15) is 13.8 Å². The maximum Gasteiger partial charge on any atom is 0.303 e. The van der Waals surface area contributed by atoms with Crippen LogP contribution in [0.25, 0.3) is 0 Å². The molecule has 26 heavy (non-hydrogen) atoms. The quantitative estimate of drug-likeness (QED) is 0.454. The fraction of sp³-hybridized carbons (Fsp3) is 0.643. The van der Waals surface area contributed by atoms with Crippen LogP contribution < -0.4 is 14.2 Å². The topological polar surface area (TPSA) is 120 Å². The summed E-state index contributed by atoms with van der Waals surface area (Å²) in [6, 6.07) is 1.48. The molecule has 0 saturated carbocycles. The lowest BCUT2D eigenvalue weighted by Gasteiger charge is -2.31. The summed E-state index contributed by atoms with van der Waals surface area (Å²) in [6.45, 7) is 3.31. The molecular formula is C14H24N4O6S2. The van der Waals surface area contributed by atoms with Crippen LogP contribution in [-0.2, 0) is 19.7 Å². The summed E-state index contributed by atoms with van der Waals surface area (Å²) in [5.74, 6) is -0.273. The predicted molar refractivity (Wildman–Crippen MR) is 96.6 cm³/mol. The normalized spacial score (nSPS) is 13.4. The first-order chi connectivity index (χ1) is 12.0. The second-order valence-corrected chi connectivity index (χ2v) is 8.75. The van der Waals surface area contributed by atoms with Crippen molar-refractivity contribution in [3.63, 3.8) is 0 Å². The maximum absolute atomic E-state index is 12.6. The van der Waals surface area contributed by atoms with Crippen LogP contribution in [-0.4, -0.2) is 74.9 Å². The van der Waals surface area contributed by atoms with Gasteiger partial charge in [-0.15, -0.1) is 0 Å². The van der Waals surface area contributed by atoms with E-state index in [-0.39, 0.29) is 16.9 Å². The van der Waals surface area contributed by atoms with Gasteiger partial charge in [0.2, 0.25) is 11.8 Å². The van der Waals surface area contributed by atoms with Crippen molar-refractivity contribution >= 4 is 27.9 Å². The van der Waals surface area contributed by atoms with Crippen LogP contribution in [0.3, 0.4) is 0 Å². The van der Waals surface area contributed by atoms with Crippen molar-refractivity contribution in [1.82, 2.24) is 19.0 Å². The van der Waals surface area contributed by atoms with E-state index in [1.165, 1.54) is 41.5 Å². The Hall–Kier alpha value is -1.63. The van der Waals surface area contributed by atoms with Crippen LogP contribution in [0.5, 0.6) is 11.8 Å². The van der Waals surface area contributed by atoms with E-state index in [0.717, 1.165) is 16.1 Å². The van der Waals surface area contributed by atoms with E-state index in [1.54, 1.807) is 13.8 Å². The van der Waals surface area contributed by atoms with Crippen molar-refractivity contribution in [2.75, 3.05) is 35.4 Å². The number of ether oxygens (including phenoxy) is 3. The number of aromatic nitrogens is 2. The number of hydrogen-bond acceptors (Lipinski definition) is 9. The van der Waals surface area contributed by atoms with Crippen LogP contribution in [0.15, 0.2) is 11.2 Å². The van der Waals surface area contributed by atoms with Gasteiger partial charge in [0.1, 0.15) is 5.25 Å². The van der Waals surface area contributed by atoms with Gasteiger partial charge in [-0.3, -0.25) is 4.79 Å². The number of hydrogen-bond donors (Lipinski definition) is 1. The maximum atomic E-state index is 12.6. The Labute approximate surface area is 157 Å². The summed E-state index contributed by atoms with van der Waals surface area (Å²) in [4.78, 5) is 21.0. The molecule has 0 aromatic carbocycles. The zero-order valence-electron chi connectivity index (χ0n) is 15.8. The Bertz CT molecular complexity index is 717. The number of amides is 1. The van der Waals surface area contributed by atoms with Crippen molar-refractivity contribution in [3.05, 3.63) is 6.07 Å². The molecule has 1 atom stereocenters. The van der Waals surface area contributed by atoms with Gasteiger partial charge >= 0.3 is 10.2 Å². The molecule has 0 aliphatic heterocycles. The zero-order chi connectivity index (χ0) is 20.1. The molecule has 10 nitrogen and oxygen atoms in total. The lowest BCUT2D eigenvalue weighted by Crippen LogP contribution is -2.50. The van der Waals surface area contributed by atoms with Crippen LogP contribution in [0.4, 0.5) is 0 Å². The third-order valence-electron chi connectivity index (χ3n) is 3.41. The Balaban J connectivity index is 3.22. The van der Waals surface area contributed by atoms with Crippen molar-refractivity contribution in [3.8, 4) is 11.8 Å². The molecule has 0 bridgehead atoms. The molecule has 1 rings (SSSR count). The summed E-state index contributed by atoms with van der Waals surface area (Å²) in [7, 11) is 2.97. The highest BCUT2D eigenvalue weighted by Gasteiger charge is 2.39. The monoisotopic (exact) mass is 408 g/mol. The van der Waals surface area contributed by atoms with E-state index >= 15 is 0 Å². The van der Waals surface area contributed by atoms with Gasteiger partial charge in [-0.2, -0.15) is 22.7 Å². The number of nitrogens with one attached hydrogen (secondary N) is 1. The molecule has 12 heteroatoms. The van der Waals surface area contributed by atoms with E-state index in [4.69, 9.17) is 14.2 Å². The molecule has 1 aromatic rings. The molecule has 0 aliphatic rings. The highest BCUT2D eigenvalue weighted by molar-refractivity contribution is 8.00. The van der Waals surface area contributed by atoms with Crippen molar-refractivity contribution < 1.29 is 27.4 Å². The number of methoxy groups -OCH3 is 3. The van der Waals surface area contributed by atoms with Gasteiger partial charge in [0, 0.05) is 21.2 Å². The minimum Gasteiger partial charge on any atom is -0.481 e. The molecule has 1 N–H and O–H groups in total. The number of carbonyl (C=O) groups is 1. The van der Waals surface area contributed by atoms with Gasteiger partial charge < -0.3 is 14.2 Å².